The van der Waals surface area contributed by atoms with Crippen LogP contribution in [0.1, 0.15) is 5.56 Å². The van der Waals surface area contributed by atoms with Gasteiger partial charge < -0.3 is 20.1 Å². The van der Waals surface area contributed by atoms with Gasteiger partial charge in [0.2, 0.25) is 0 Å². The number of nitrogens with zero attached hydrogens (tertiary/aromatic N) is 3. The monoisotopic (exact) mass is 355 g/mol. The van der Waals surface area contributed by atoms with Crippen molar-refractivity contribution in [1.82, 2.24) is 20.2 Å². The molecule has 1 saturated heterocycles. The minimum Gasteiger partial charge on any atom is -0.361 e. The molecule has 1 aliphatic heterocycles. The average molecular weight is 355 g/mol. The van der Waals surface area contributed by atoms with Crippen molar-refractivity contribution in [3.8, 4) is 0 Å². The van der Waals surface area contributed by atoms with E-state index in [1.807, 2.05) is 34.8 Å². The largest absolute Gasteiger partial charge is 0.361 e. The number of aromatic amines is 1. The molecule has 1 aromatic carbocycles. The number of hydrogen-bond donors (Lipinski definition) is 2. The molecule has 4 rings (SSSR count). The van der Waals surface area contributed by atoms with E-state index in [2.05, 4.69) is 32.3 Å². The third-order valence-electron chi connectivity index (χ3n) is 4.60. The quantitative estimate of drug-likeness (QED) is 0.756. The first-order chi connectivity index (χ1) is 12.3. The molecule has 2 amide bonds. The van der Waals surface area contributed by atoms with E-state index >= 15 is 0 Å². The normalized spacial score (nSPS) is 14.9. The molecule has 2 N–H and O–H groups in total. The number of H-pyrrole nitrogens is 1. The van der Waals surface area contributed by atoms with E-state index in [9.17, 15) is 4.79 Å². The summed E-state index contributed by atoms with van der Waals surface area (Å²) in [6.07, 6.45) is 4.68. The van der Waals surface area contributed by atoms with E-state index in [4.69, 9.17) is 0 Å². The maximum absolute atomic E-state index is 12.4. The van der Waals surface area contributed by atoms with Crippen molar-refractivity contribution in [3.05, 3.63) is 47.6 Å². The van der Waals surface area contributed by atoms with E-state index in [0.717, 1.165) is 43.2 Å². The Balaban J connectivity index is 1.26. The van der Waals surface area contributed by atoms with Crippen LogP contribution in [0.2, 0.25) is 0 Å². The Morgan fingerprint density at radius 1 is 1.24 bits per heavy atom. The molecule has 0 aliphatic carbocycles. The number of urea groups is 1. The van der Waals surface area contributed by atoms with Crippen LogP contribution in [0.4, 0.5) is 9.93 Å². The van der Waals surface area contributed by atoms with Crippen molar-refractivity contribution in [2.75, 3.05) is 37.6 Å². The number of fused-ring (bicyclic) bond motifs is 1. The van der Waals surface area contributed by atoms with Crippen LogP contribution < -0.4 is 10.2 Å². The number of rotatable bonds is 4. The molecule has 6 nitrogen and oxygen atoms in total. The lowest BCUT2D eigenvalue weighted by molar-refractivity contribution is 0.194. The van der Waals surface area contributed by atoms with Crippen LogP contribution in [-0.2, 0) is 6.42 Å². The first kappa shape index (κ1) is 16.0. The Bertz CT molecular complexity index is 836. The van der Waals surface area contributed by atoms with Gasteiger partial charge in [0.1, 0.15) is 0 Å². The number of benzene rings is 1. The van der Waals surface area contributed by atoms with Gasteiger partial charge in [-0.25, -0.2) is 9.78 Å². The molecule has 0 unspecified atom stereocenters. The lowest BCUT2D eigenvalue weighted by Gasteiger charge is -2.34. The van der Waals surface area contributed by atoms with Crippen LogP contribution in [0, 0.1) is 0 Å². The van der Waals surface area contributed by atoms with E-state index in [1.165, 1.54) is 10.9 Å². The van der Waals surface area contributed by atoms with E-state index in [-0.39, 0.29) is 6.03 Å². The highest BCUT2D eigenvalue weighted by Gasteiger charge is 2.22. The van der Waals surface area contributed by atoms with Crippen LogP contribution in [-0.4, -0.2) is 53.6 Å². The SMILES string of the molecule is O=C(NCCc1c[nH]c2ccccc12)N1CCN(c2nccs2)CC1. The second-order valence-electron chi connectivity index (χ2n) is 6.13. The van der Waals surface area contributed by atoms with Crippen molar-refractivity contribution in [2.45, 2.75) is 6.42 Å². The number of aromatic nitrogens is 2. The molecule has 0 atom stereocenters. The van der Waals surface area contributed by atoms with Gasteiger partial charge in [0.05, 0.1) is 0 Å². The summed E-state index contributed by atoms with van der Waals surface area (Å²) in [6.45, 7) is 3.79. The second-order valence-corrected chi connectivity index (χ2v) is 7.00. The third kappa shape index (κ3) is 3.46. The van der Waals surface area contributed by atoms with Gasteiger partial charge in [-0.15, -0.1) is 11.3 Å². The van der Waals surface area contributed by atoms with E-state index in [0.29, 0.717) is 6.54 Å². The summed E-state index contributed by atoms with van der Waals surface area (Å²) < 4.78 is 0. The third-order valence-corrected chi connectivity index (χ3v) is 5.43. The Kier molecular flexibility index (Phi) is 4.56. The Morgan fingerprint density at radius 2 is 2.08 bits per heavy atom. The van der Waals surface area contributed by atoms with Crippen LogP contribution >= 0.6 is 11.3 Å². The molecule has 7 heteroatoms. The van der Waals surface area contributed by atoms with Crippen molar-refractivity contribution < 1.29 is 4.79 Å². The predicted molar refractivity (Wildman–Crippen MR) is 101 cm³/mol. The van der Waals surface area contributed by atoms with Crippen molar-refractivity contribution >= 4 is 33.4 Å². The molecule has 0 spiro atoms. The molecular weight excluding hydrogens is 334 g/mol. The molecule has 0 radical (unpaired) electrons. The number of nitrogens with one attached hydrogen (secondary N) is 2. The molecule has 1 aliphatic rings. The van der Waals surface area contributed by atoms with E-state index in [1.54, 1.807) is 11.3 Å². The van der Waals surface area contributed by atoms with Gasteiger partial charge in [0.15, 0.2) is 5.13 Å². The van der Waals surface area contributed by atoms with E-state index < -0.39 is 0 Å². The van der Waals surface area contributed by atoms with Crippen molar-refractivity contribution in [1.29, 1.82) is 0 Å². The fraction of sp³-hybridized carbons (Fsp3) is 0.333. The summed E-state index contributed by atoms with van der Waals surface area (Å²) in [6, 6.07) is 8.27. The minimum atomic E-state index is 0.0265. The summed E-state index contributed by atoms with van der Waals surface area (Å²) in [5.74, 6) is 0. The predicted octanol–water partition coefficient (Wildman–Crippen LogP) is 2.70. The maximum Gasteiger partial charge on any atom is 0.317 e. The molecule has 2 aromatic heterocycles. The van der Waals surface area contributed by atoms with Gasteiger partial charge in [-0.3, -0.25) is 0 Å². The molecule has 3 aromatic rings. The van der Waals surface area contributed by atoms with Crippen molar-refractivity contribution in [3.63, 3.8) is 0 Å². The zero-order valence-electron chi connectivity index (χ0n) is 13.9. The Morgan fingerprint density at radius 3 is 2.88 bits per heavy atom. The standard InChI is InChI=1S/C18H21N5OS/c24-17(22-8-10-23(11-9-22)18-20-7-12-25-18)19-6-5-14-13-21-16-4-2-1-3-15(14)16/h1-4,7,12-13,21H,5-6,8-11H2,(H,19,24). The number of hydrogen-bond acceptors (Lipinski definition) is 4. The van der Waals surface area contributed by atoms with Crippen LogP contribution in [0.25, 0.3) is 10.9 Å². The Hall–Kier alpha value is -2.54. The van der Waals surface area contributed by atoms with Crippen LogP contribution in [0.3, 0.4) is 0 Å². The van der Waals surface area contributed by atoms with Gasteiger partial charge in [-0.05, 0) is 18.1 Å². The van der Waals surface area contributed by atoms with Gasteiger partial charge in [-0.2, -0.15) is 0 Å². The minimum absolute atomic E-state index is 0.0265. The van der Waals surface area contributed by atoms with Gasteiger partial charge in [0.25, 0.3) is 0 Å². The second kappa shape index (κ2) is 7.14. The fourth-order valence-electron chi connectivity index (χ4n) is 3.23. The molecule has 1 fully saturated rings. The number of carbonyl (C=O) groups is 1. The van der Waals surface area contributed by atoms with Gasteiger partial charge >= 0.3 is 6.03 Å². The molecular formula is C18H21N5OS. The highest BCUT2D eigenvalue weighted by atomic mass is 32.1. The number of thiazole rings is 1. The number of carbonyl (C=O) groups excluding carboxylic acids is 1. The van der Waals surface area contributed by atoms with Gasteiger partial charge in [0, 0.05) is 61.4 Å². The zero-order valence-corrected chi connectivity index (χ0v) is 14.8. The van der Waals surface area contributed by atoms with Crippen LogP contribution in [0.15, 0.2) is 42.0 Å². The summed E-state index contributed by atoms with van der Waals surface area (Å²) in [4.78, 5) is 24.1. The summed E-state index contributed by atoms with van der Waals surface area (Å²) >= 11 is 1.65. The number of piperazine rings is 1. The summed E-state index contributed by atoms with van der Waals surface area (Å²) in [5.41, 5.74) is 2.38. The number of anilines is 1. The maximum atomic E-state index is 12.4. The number of para-hydroxylation sites is 1. The zero-order chi connectivity index (χ0) is 17.1. The van der Waals surface area contributed by atoms with Gasteiger partial charge in [-0.1, -0.05) is 18.2 Å². The molecule has 3 heterocycles. The fourth-order valence-corrected chi connectivity index (χ4v) is 3.92. The molecule has 0 bridgehead atoms. The summed E-state index contributed by atoms with van der Waals surface area (Å²) in [5, 5.41) is 7.30. The topological polar surface area (TPSA) is 64.3 Å². The highest BCUT2D eigenvalue weighted by molar-refractivity contribution is 7.13. The highest BCUT2D eigenvalue weighted by Crippen LogP contribution is 2.19. The lowest BCUT2D eigenvalue weighted by Crippen LogP contribution is -2.52. The molecule has 25 heavy (non-hydrogen) atoms. The number of amides is 2. The smallest absolute Gasteiger partial charge is 0.317 e. The van der Waals surface area contributed by atoms with Crippen molar-refractivity contribution in [2.24, 2.45) is 0 Å². The Labute approximate surface area is 150 Å². The lowest BCUT2D eigenvalue weighted by atomic mass is 10.1. The first-order valence-corrected chi connectivity index (χ1v) is 9.41. The molecule has 0 saturated carbocycles. The first-order valence-electron chi connectivity index (χ1n) is 8.53. The average Bonchev–Trinajstić information content (AvgIpc) is 3.32. The van der Waals surface area contributed by atoms with Crippen LogP contribution in [0.5, 0.6) is 0 Å². The molecule has 130 valence electrons. The summed E-state index contributed by atoms with van der Waals surface area (Å²) in [7, 11) is 0.